The van der Waals surface area contributed by atoms with E-state index in [0.717, 1.165) is 12.0 Å². The molecule has 0 saturated heterocycles. The third kappa shape index (κ3) is 5.83. The molecule has 2 unspecified atom stereocenters. The van der Waals surface area contributed by atoms with E-state index in [2.05, 4.69) is 12.2 Å². The molecule has 5 nitrogen and oxygen atoms in total. The van der Waals surface area contributed by atoms with Crippen molar-refractivity contribution in [3.05, 3.63) is 59.7 Å². The summed E-state index contributed by atoms with van der Waals surface area (Å²) in [6.07, 6.45) is 2.78. The molecule has 0 spiro atoms. The third-order valence-corrected chi connectivity index (χ3v) is 5.84. The van der Waals surface area contributed by atoms with Crippen LogP contribution in [0.5, 0.6) is 5.75 Å². The van der Waals surface area contributed by atoms with Crippen LogP contribution in [0.15, 0.2) is 53.4 Å². The summed E-state index contributed by atoms with van der Waals surface area (Å²) in [6.45, 7) is 5.97. The highest BCUT2D eigenvalue weighted by Crippen LogP contribution is 2.21. The van der Waals surface area contributed by atoms with Gasteiger partial charge in [0.05, 0.1) is 10.9 Å². The molecule has 28 heavy (non-hydrogen) atoms. The number of amides is 1. The van der Waals surface area contributed by atoms with Crippen molar-refractivity contribution in [3.8, 4) is 5.75 Å². The summed E-state index contributed by atoms with van der Waals surface area (Å²) >= 11 is 0. The number of nitrogens with one attached hydrogen (secondary N) is 1. The maximum atomic E-state index is 12.7. The SMILES string of the molecule is CCc1ccc(OC(CC)C(=O)NC(CC)c2ccc(S(C)(=O)=O)cc2)cc1. The average molecular weight is 404 g/mol. The molecule has 0 fully saturated rings. The predicted molar refractivity (Wildman–Crippen MR) is 111 cm³/mol. The lowest BCUT2D eigenvalue weighted by Gasteiger charge is -2.22. The molecule has 0 radical (unpaired) electrons. The van der Waals surface area contributed by atoms with E-state index in [9.17, 15) is 13.2 Å². The molecule has 0 heterocycles. The van der Waals surface area contributed by atoms with Gasteiger partial charge in [0.2, 0.25) is 0 Å². The zero-order valence-electron chi connectivity index (χ0n) is 16.9. The Hall–Kier alpha value is -2.34. The molecule has 0 aliphatic carbocycles. The highest BCUT2D eigenvalue weighted by molar-refractivity contribution is 7.90. The molecule has 0 aliphatic heterocycles. The van der Waals surface area contributed by atoms with Crippen LogP contribution in [0.2, 0.25) is 0 Å². The summed E-state index contributed by atoms with van der Waals surface area (Å²) in [5, 5.41) is 3.02. The fourth-order valence-electron chi connectivity index (χ4n) is 2.92. The lowest BCUT2D eigenvalue weighted by atomic mass is 10.0. The van der Waals surface area contributed by atoms with Crippen LogP contribution in [-0.2, 0) is 21.1 Å². The Balaban J connectivity index is 2.07. The number of rotatable bonds is 9. The van der Waals surface area contributed by atoms with Gasteiger partial charge in [0, 0.05) is 6.26 Å². The maximum absolute atomic E-state index is 12.7. The molecule has 0 aliphatic rings. The zero-order chi connectivity index (χ0) is 20.7. The lowest BCUT2D eigenvalue weighted by Crippen LogP contribution is -2.39. The van der Waals surface area contributed by atoms with Crippen molar-refractivity contribution in [2.45, 2.75) is 57.1 Å². The average Bonchev–Trinajstić information content (AvgIpc) is 2.70. The molecule has 6 heteroatoms. The molecule has 2 rings (SSSR count). The number of ether oxygens (including phenoxy) is 1. The van der Waals surface area contributed by atoms with Crippen LogP contribution in [-0.4, -0.2) is 26.7 Å². The quantitative estimate of drug-likeness (QED) is 0.685. The number of aryl methyl sites for hydroxylation is 1. The number of carbonyl (C=O) groups excluding carboxylic acids is 1. The molecule has 1 amide bonds. The summed E-state index contributed by atoms with van der Waals surface area (Å²) in [4.78, 5) is 13.0. The summed E-state index contributed by atoms with van der Waals surface area (Å²) in [5.74, 6) is 0.492. The fourth-order valence-corrected chi connectivity index (χ4v) is 3.55. The highest BCUT2D eigenvalue weighted by Gasteiger charge is 2.22. The molecule has 2 aromatic rings. The number of hydrogen-bond acceptors (Lipinski definition) is 4. The first-order valence-electron chi connectivity index (χ1n) is 9.64. The summed E-state index contributed by atoms with van der Waals surface area (Å²) in [7, 11) is -3.24. The second-order valence-electron chi connectivity index (χ2n) is 6.82. The summed E-state index contributed by atoms with van der Waals surface area (Å²) in [5.41, 5.74) is 2.08. The number of benzene rings is 2. The number of carbonyl (C=O) groups is 1. The van der Waals surface area contributed by atoms with E-state index >= 15 is 0 Å². The van der Waals surface area contributed by atoms with Gasteiger partial charge in [0.25, 0.3) is 5.91 Å². The monoisotopic (exact) mass is 403 g/mol. The first-order chi connectivity index (χ1) is 13.3. The molecule has 1 N–H and O–H groups in total. The normalized spacial score (nSPS) is 13.6. The summed E-state index contributed by atoms with van der Waals surface area (Å²) < 4.78 is 29.1. The highest BCUT2D eigenvalue weighted by atomic mass is 32.2. The first-order valence-corrected chi connectivity index (χ1v) is 11.5. The maximum Gasteiger partial charge on any atom is 0.261 e. The molecule has 2 aromatic carbocycles. The third-order valence-electron chi connectivity index (χ3n) is 4.71. The van der Waals surface area contributed by atoms with Crippen molar-refractivity contribution in [2.24, 2.45) is 0 Å². The molecular formula is C22H29NO4S. The standard InChI is InChI=1S/C22H29NO4S/c1-5-16-8-12-18(13-9-16)27-21(7-3)22(24)23-20(6-2)17-10-14-19(15-11-17)28(4,25)26/h8-15,20-21H,5-7H2,1-4H3,(H,23,24). The van der Waals surface area contributed by atoms with Gasteiger partial charge < -0.3 is 10.1 Å². The second-order valence-corrected chi connectivity index (χ2v) is 8.84. The van der Waals surface area contributed by atoms with Crippen LogP contribution in [0.25, 0.3) is 0 Å². The predicted octanol–water partition coefficient (Wildman–Crippen LogP) is 4.08. The Morgan fingerprint density at radius 1 is 0.964 bits per heavy atom. The number of sulfone groups is 1. The Kier molecular flexibility index (Phi) is 7.63. The van der Waals surface area contributed by atoms with Crippen molar-refractivity contribution in [1.82, 2.24) is 5.32 Å². The van der Waals surface area contributed by atoms with Gasteiger partial charge in [-0.2, -0.15) is 0 Å². The van der Waals surface area contributed by atoms with Gasteiger partial charge in [-0.15, -0.1) is 0 Å². The van der Waals surface area contributed by atoms with Crippen LogP contribution in [0.4, 0.5) is 0 Å². The Bertz CT molecular complexity index is 874. The Labute approximate surface area is 168 Å². The molecular weight excluding hydrogens is 374 g/mol. The van der Waals surface area contributed by atoms with E-state index in [1.54, 1.807) is 24.3 Å². The van der Waals surface area contributed by atoms with Gasteiger partial charge in [0.15, 0.2) is 15.9 Å². The Morgan fingerprint density at radius 2 is 1.57 bits per heavy atom. The number of hydrogen-bond donors (Lipinski definition) is 1. The van der Waals surface area contributed by atoms with Gasteiger partial charge >= 0.3 is 0 Å². The van der Waals surface area contributed by atoms with Gasteiger partial charge in [-0.1, -0.05) is 45.0 Å². The van der Waals surface area contributed by atoms with Crippen molar-refractivity contribution in [1.29, 1.82) is 0 Å². The van der Waals surface area contributed by atoms with Crippen LogP contribution in [0, 0.1) is 0 Å². The second kappa shape index (κ2) is 9.73. The van der Waals surface area contributed by atoms with Crippen molar-refractivity contribution in [3.63, 3.8) is 0 Å². The topological polar surface area (TPSA) is 72.5 Å². The van der Waals surface area contributed by atoms with Crippen LogP contribution < -0.4 is 10.1 Å². The molecule has 0 aromatic heterocycles. The van der Waals surface area contributed by atoms with Crippen LogP contribution in [0.3, 0.4) is 0 Å². The van der Waals surface area contributed by atoms with Crippen LogP contribution >= 0.6 is 0 Å². The van der Waals surface area contributed by atoms with E-state index in [0.29, 0.717) is 18.6 Å². The van der Waals surface area contributed by atoms with E-state index in [-0.39, 0.29) is 16.8 Å². The minimum Gasteiger partial charge on any atom is -0.481 e. The van der Waals surface area contributed by atoms with Gasteiger partial charge in [0.1, 0.15) is 5.75 Å². The van der Waals surface area contributed by atoms with E-state index < -0.39 is 15.9 Å². The first kappa shape index (κ1) is 22.0. The van der Waals surface area contributed by atoms with E-state index in [1.165, 1.54) is 11.8 Å². The minimum absolute atomic E-state index is 0.180. The molecule has 152 valence electrons. The Morgan fingerprint density at radius 3 is 2.04 bits per heavy atom. The van der Waals surface area contributed by atoms with Crippen LogP contribution in [0.1, 0.15) is 50.8 Å². The summed E-state index contributed by atoms with van der Waals surface area (Å²) in [6, 6.07) is 14.2. The van der Waals surface area contributed by atoms with Crippen molar-refractivity contribution < 1.29 is 17.9 Å². The molecule has 0 bridgehead atoms. The minimum atomic E-state index is -3.24. The zero-order valence-corrected chi connectivity index (χ0v) is 17.8. The van der Waals surface area contributed by atoms with E-state index in [4.69, 9.17) is 4.74 Å². The largest absolute Gasteiger partial charge is 0.481 e. The van der Waals surface area contributed by atoms with Crippen molar-refractivity contribution in [2.75, 3.05) is 6.26 Å². The van der Waals surface area contributed by atoms with E-state index in [1.807, 2.05) is 38.1 Å². The lowest BCUT2D eigenvalue weighted by molar-refractivity contribution is -0.128. The van der Waals surface area contributed by atoms with Crippen molar-refractivity contribution >= 4 is 15.7 Å². The fraction of sp³-hybridized carbons (Fsp3) is 0.409. The smallest absolute Gasteiger partial charge is 0.261 e. The van der Waals surface area contributed by atoms with Gasteiger partial charge in [-0.05, 0) is 54.7 Å². The van der Waals surface area contributed by atoms with Gasteiger partial charge in [-0.25, -0.2) is 8.42 Å². The van der Waals surface area contributed by atoms with Gasteiger partial charge in [-0.3, -0.25) is 4.79 Å². The molecule has 2 atom stereocenters. The molecule has 0 saturated carbocycles.